The topological polar surface area (TPSA) is 81.6 Å². The Kier molecular flexibility index (Phi) is 7.91. The van der Waals surface area contributed by atoms with Crippen molar-refractivity contribution < 1.29 is 19.1 Å². The molecule has 7 nitrogen and oxygen atoms in total. The number of ether oxygens (including phenoxy) is 2. The Hall–Kier alpha value is -2.97. The predicted molar refractivity (Wildman–Crippen MR) is 130 cm³/mol. The predicted octanol–water partition coefficient (Wildman–Crippen LogP) is 3.47. The van der Waals surface area contributed by atoms with E-state index in [4.69, 9.17) is 9.47 Å². The molecule has 1 aliphatic heterocycles. The molecule has 2 N–H and O–H groups in total. The van der Waals surface area contributed by atoms with Gasteiger partial charge in [0.25, 0.3) is 5.91 Å². The largest absolute Gasteiger partial charge is 0.497 e. The number of rotatable bonds is 10. The summed E-state index contributed by atoms with van der Waals surface area (Å²) in [6, 6.07) is 15.2. The van der Waals surface area contributed by atoms with Crippen molar-refractivity contribution in [1.82, 2.24) is 15.2 Å². The van der Waals surface area contributed by atoms with Crippen molar-refractivity contribution in [3.05, 3.63) is 60.3 Å². The van der Waals surface area contributed by atoms with E-state index >= 15 is 0 Å². The molecule has 8 heteroatoms. The molecule has 0 aliphatic carbocycles. The van der Waals surface area contributed by atoms with Gasteiger partial charge in [-0.15, -0.1) is 11.8 Å². The lowest BCUT2D eigenvalue weighted by atomic mass is 10.2. The molecule has 3 aromatic rings. The lowest BCUT2D eigenvalue weighted by molar-refractivity contribution is -0.119. The normalized spacial score (nSPS) is 15.5. The van der Waals surface area contributed by atoms with Gasteiger partial charge in [-0.3, -0.25) is 9.59 Å². The lowest BCUT2D eigenvalue weighted by Crippen LogP contribution is -2.32. The Labute approximate surface area is 197 Å². The van der Waals surface area contributed by atoms with Gasteiger partial charge in [0.05, 0.1) is 19.0 Å². The first-order valence-corrected chi connectivity index (χ1v) is 12.1. The zero-order chi connectivity index (χ0) is 23.0. The molecule has 1 fully saturated rings. The molecule has 4 rings (SSSR count). The molecule has 0 radical (unpaired) electrons. The minimum absolute atomic E-state index is 0.0130. The van der Waals surface area contributed by atoms with Crippen LogP contribution in [0.2, 0.25) is 0 Å². The maximum absolute atomic E-state index is 12.4. The number of aromatic nitrogens is 1. The van der Waals surface area contributed by atoms with E-state index in [1.165, 1.54) is 11.8 Å². The van der Waals surface area contributed by atoms with Crippen LogP contribution in [0.15, 0.2) is 59.6 Å². The summed E-state index contributed by atoms with van der Waals surface area (Å²) in [6.45, 7) is 2.49. The molecule has 1 aromatic heterocycles. The van der Waals surface area contributed by atoms with Gasteiger partial charge in [-0.25, -0.2) is 0 Å². The summed E-state index contributed by atoms with van der Waals surface area (Å²) in [7, 11) is 1.60. The molecule has 0 spiro atoms. The van der Waals surface area contributed by atoms with Crippen molar-refractivity contribution in [3.63, 3.8) is 0 Å². The van der Waals surface area contributed by atoms with E-state index in [1.807, 2.05) is 12.1 Å². The summed E-state index contributed by atoms with van der Waals surface area (Å²) < 4.78 is 12.8. The third kappa shape index (κ3) is 6.09. The number of hydrogen-bond acceptors (Lipinski definition) is 5. The molecule has 2 amide bonds. The quantitative estimate of drug-likeness (QED) is 0.446. The Morgan fingerprint density at radius 1 is 1.15 bits per heavy atom. The molecule has 0 unspecified atom stereocenters. The zero-order valence-electron chi connectivity index (χ0n) is 18.7. The second-order valence-corrected chi connectivity index (χ2v) is 8.93. The van der Waals surface area contributed by atoms with E-state index in [2.05, 4.69) is 33.5 Å². The van der Waals surface area contributed by atoms with Gasteiger partial charge in [-0.05, 0) is 43.2 Å². The number of amides is 2. The van der Waals surface area contributed by atoms with Gasteiger partial charge in [-0.1, -0.05) is 18.2 Å². The van der Waals surface area contributed by atoms with Crippen LogP contribution >= 0.6 is 11.8 Å². The summed E-state index contributed by atoms with van der Waals surface area (Å²) in [5.74, 6) is 0.969. The van der Waals surface area contributed by atoms with Crippen molar-refractivity contribution >= 4 is 34.5 Å². The van der Waals surface area contributed by atoms with Crippen LogP contribution in [0.4, 0.5) is 0 Å². The van der Waals surface area contributed by atoms with E-state index in [-0.39, 0.29) is 17.9 Å². The highest BCUT2D eigenvalue weighted by atomic mass is 32.2. The first kappa shape index (κ1) is 23.2. The molecule has 2 aromatic carbocycles. The smallest absolute Gasteiger partial charge is 0.251 e. The first-order chi connectivity index (χ1) is 16.1. The van der Waals surface area contributed by atoms with Crippen LogP contribution in [0.5, 0.6) is 5.75 Å². The highest BCUT2D eigenvalue weighted by Crippen LogP contribution is 2.29. The van der Waals surface area contributed by atoms with E-state index in [1.54, 1.807) is 31.4 Å². The van der Waals surface area contributed by atoms with Gasteiger partial charge in [-0.2, -0.15) is 0 Å². The lowest BCUT2D eigenvalue weighted by Gasteiger charge is -2.10. The molecule has 1 aliphatic rings. The number of nitrogens with one attached hydrogen (secondary N) is 2. The second-order valence-electron chi connectivity index (χ2n) is 7.92. The molecule has 2 heterocycles. The van der Waals surface area contributed by atoms with E-state index in [0.717, 1.165) is 41.0 Å². The van der Waals surface area contributed by atoms with E-state index < -0.39 is 0 Å². The van der Waals surface area contributed by atoms with Gasteiger partial charge in [0, 0.05) is 53.8 Å². The number of hydrogen-bond donors (Lipinski definition) is 2. The Morgan fingerprint density at radius 3 is 2.73 bits per heavy atom. The number of thioether (sulfide) groups is 1. The van der Waals surface area contributed by atoms with Crippen LogP contribution in [-0.4, -0.2) is 55.0 Å². The molecule has 1 atom stereocenters. The number of carbonyl (C=O) groups is 2. The van der Waals surface area contributed by atoms with Crippen LogP contribution < -0.4 is 15.4 Å². The van der Waals surface area contributed by atoms with Crippen LogP contribution in [0.25, 0.3) is 10.9 Å². The number of methoxy groups -OCH3 is 1. The summed E-state index contributed by atoms with van der Waals surface area (Å²) in [4.78, 5) is 25.8. The van der Waals surface area contributed by atoms with Crippen molar-refractivity contribution in [3.8, 4) is 5.75 Å². The van der Waals surface area contributed by atoms with Crippen LogP contribution in [0.3, 0.4) is 0 Å². The minimum Gasteiger partial charge on any atom is -0.497 e. The van der Waals surface area contributed by atoms with Crippen LogP contribution in [-0.2, 0) is 16.1 Å². The van der Waals surface area contributed by atoms with Crippen molar-refractivity contribution in [2.75, 3.05) is 32.6 Å². The fourth-order valence-corrected chi connectivity index (χ4v) is 4.79. The summed E-state index contributed by atoms with van der Waals surface area (Å²) in [5.41, 5.74) is 1.68. The zero-order valence-corrected chi connectivity index (χ0v) is 19.5. The molecular formula is C25H29N3O4S. The third-order valence-electron chi connectivity index (χ3n) is 5.65. The number of fused-ring (bicyclic) bond motifs is 1. The second kappa shape index (κ2) is 11.2. The Bertz CT molecular complexity index is 1090. The maximum atomic E-state index is 12.4. The Balaban J connectivity index is 1.32. The highest BCUT2D eigenvalue weighted by Gasteiger charge is 2.17. The Morgan fingerprint density at radius 2 is 1.97 bits per heavy atom. The maximum Gasteiger partial charge on any atom is 0.251 e. The number of carbonyl (C=O) groups excluding carboxylic acids is 2. The molecule has 33 heavy (non-hydrogen) atoms. The fraction of sp³-hybridized carbons (Fsp3) is 0.360. The van der Waals surface area contributed by atoms with Crippen molar-refractivity contribution in [2.45, 2.75) is 30.4 Å². The molecule has 174 valence electrons. The molecule has 0 bridgehead atoms. The minimum atomic E-state index is -0.119. The average molecular weight is 468 g/mol. The molecule has 0 saturated carbocycles. The van der Waals surface area contributed by atoms with E-state index in [0.29, 0.717) is 31.0 Å². The number of para-hydroxylation sites is 1. The number of nitrogens with zero attached hydrogens (tertiary/aromatic N) is 1. The van der Waals surface area contributed by atoms with Gasteiger partial charge in [0.2, 0.25) is 5.91 Å². The SMILES string of the molecule is COc1ccc(C(=O)NCCn2cc(SCC(=O)NC[C@H]3CCCO3)c3ccccc32)cc1. The van der Waals surface area contributed by atoms with Crippen LogP contribution in [0.1, 0.15) is 23.2 Å². The number of benzene rings is 2. The summed E-state index contributed by atoms with van der Waals surface area (Å²) in [5, 5.41) is 7.05. The monoisotopic (exact) mass is 467 g/mol. The van der Waals surface area contributed by atoms with Gasteiger partial charge in [0.1, 0.15) is 5.75 Å². The van der Waals surface area contributed by atoms with Gasteiger partial charge < -0.3 is 24.7 Å². The van der Waals surface area contributed by atoms with Gasteiger partial charge in [0.15, 0.2) is 0 Å². The molecule has 1 saturated heterocycles. The fourth-order valence-electron chi connectivity index (χ4n) is 3.87. The van der Waals surface area contributed by atoms with Crippen LogP contribution in [0, 0.1) is 0 Å². The first-order valence-electron chi connectivity index (χ1n) is 11.2. The van der Waals surface area contributed by atoms with E-state index in [9.17, 15) is 9.59 Å². The highest BCUT2D eigenvalue weighted by molar-refractivity contribution is 8.00. The summed E-state index contributed by atoms with van der Waals surface area (Å²) in [6.07, 6.45) is 4.28. The molecular weight excluding hydrogens is 438 g/mol. The summed E-state index contributed by atoms with van der Waals surface area (Å²) >= 11 is 1.53. The third-order valence-corrected chi connectivity index (χ3v) is 6.70. The van der Waals surface area contributed by atoms with Gasteiger partial charge >= 0.3 is 0 Å². The van der Waals surface area contributed by atoms with Crippen molar-refractivity contribution in [2.24, 2.45) is 0 Å². The average Bonchev–Trinajstić information content (AvgIpc) is 3.50. The standard InChI is InChI=1S/C25H29N3O4S/c1-31-19-10-8-18(9-11-19)25(30)26-12-13-28-16-23(21-6-2-3-7-22(21)28)33-17-24(29)27-15-20-5-4-14-32-20/h2-3,6-11,16,20H,4-5,12-15,17H2,1H3,(H,26,30)(H,27,29)/t20-/m1/s1. The van der Waals surface area contributed by atoms with Crippen molar-refractivity contribution in [1.29, 1.82) is 0 Å².